The van der Waals surface area contributed by atoms with Crippen LogP contribution < -0.4 is 0 Å². The van der Waals surface area contributed by atoms with Crippen molar-refractivity contribution in [1.82, 2.24) is 4.57 Å². The van der Waals surface area contributed by atoms with E-state index in [1.54, 1.807) is 0 Å². The van der Waals surface area contributed by atoms with Crippen molar-refractivity contribution >= 4 is 34.2 Å². The maximum absolute atomic E-state index is 9.71. The fourth-order valence-corrected chi connectivity index (χ4v) is 3.50. The van der Waals surface area contributed by atoms with Gasteiger partial charge in [0.1, 0.15) is 0 Å². The zero-order chi connectivity index (χ0) is 19.5. The van der Waals surface area contributed by atoms with Crippen LogP contribution in [0.25, 0.3) is 22.6 Å². The van der Waals surface area contributed by atoms with Crippen LogP contribution in [0.2, 0.25) is 5.02 Å². The summed E-state index contributed by atoms with van der Waals surface area (Å²) >= 11 is 6.01. The highest BCUT2D eigenvalue weighted by Gasteiger charge is 2.09. The van der Waals surface area contributed by atoms with Gasteiger partial charge in [-0.15, -0.1) is 0 Å². The topological polar surface area (TPSA) is 28.7 Å². The molecule has 0 N–H and O–H groups in total. The van der Waals surface area contributed by atoms with Crippen LogP contribution in [0.4, 0.5) is 0 Å². The first-order chi connectivity index (χ1) is 13.6. The Morgan fingerprint density at radius 1 is 1.00 bits per heavy atom. The first-order valence-corrected chi connectivity index (χ1v) is 9.53. The minimum atomic E-state index is 0.661. The Kier molecular flexibility index (Phi) is 5.02. The first kappa shape index (κ1) is 18.1. The molecular weight excluding hydrogens is 364 g/mol. The van der Waals surface area contributed by atoms with Crippen molar-refractivity contribution in [2.45, 2.75) is 13.5 Å². The number of fused-ring (bicyclic) bond motifs is 1. The summed E-state index contributed by atoms with van der Waals surface area (Å²) in [4.78, 5) is 0. The fourth-order valence-electron chi connectivity index (χ4n) is 3.38. The molecule has 0 saturated carbocycles. The Balaban J connectivity index is 1.78. The third kappa shape index (κ3) is 3.71. The quantitative estimate of drug-likeness (QED) is 0.360. The highest BCUT2D eigenvalue weighted by atomic mass is 35.5. The fraction of sp³-hybridized carbons (Fsp3) is 0.0800. The predicted octanol–water partition coefficient (Wildman–Crippen LogP) is 6.72. The number of rotatable bonds is 4. The van der Waals surface area contributed by atoms with Gasteiger partial charge in [-0.3, -0.25) is 0 Å². The van der Waals surface area contributed by atoms with E-state index in [4.69, 9.17) is 11.6 Å². The summed E-state index contributed by atoms with van der Waals surface area (Å²) in [6.45, 7) is 2.79. The second-order valence-electron chi connectivity index (χ2n) is 6.89. The van der Waals surface area contributed by atoms with E-state index in [2.05, 4.69) is 29.0 Å². The number of allylic oxidation sites excluding steroid dienone is 1. The molecule has 0 unspecified atom stereocenters. The number of aryl methyl sites for hydroxylation is 1. The number of nitrogens with zero attached hydrogens (tertiary/aromatic N) is 2. The molecule has 136 valence electrons. The van der Waals surface area contributed by atoms with Crippen molar-refractivity contribution < 1.29 is 0 Å². The van der Waals surface area contributed by atoms with E-state index >= 15 is 0 Å². The van der Waals surface area contributed by atoms with E-state index in [0.717, 1.165) is 33.6 Å². The number of benzene rings is 3. The van der Waals surface area contributed by atoms with Crippen molar-refractivity contribution in [3.05, 3.63) is 106 Å². The van der Waals surface area contributed by atoms with Crippen LogP contribution in [-0.4, -0.2) is 4.57 Å². The van der Waals surface area contributed by atoms with Gasteiger partial charge in [-0.25, -0.2) is 0 Å². The summed E-state index contributed by atoms with van der Waals surface area (Å²) in [6.07, 6.45) is 4.09. The Morgan fingerprint density at radius 3 is 2.43 bits per heavy atom. The monoisotopic (exact) mass is 382 g/mol. The lowest BCUT2D eigenvalue weighted by molar-refractivity contribution is 0.836. The van der Waals surface area contributed by atoms with Gasteiger partial charge in [0.2, 0.25) is 0 Å². The van der Waals surface area contributed by atoms with Gasteiger partial charge in [0, 0.05) is 34.2 Å². The number of nitriles is 1. The van der Waals surface area contributed by atoms with Gasteiger partial charge in [0.05, 0.1) is 11.6 Å². The summed E-state index contributed by atoms with van der Waals surface area (Å²) in [7, 11) is 0. The first-order valence-electron chi connectivity index (χ1n) is 9.15. The van der Waals surface area contributed by atoms with Crippen LogP contribution in [0, 0.1) is 18.3 Å². The molecule has 0 spiro atoms. The van der Waals surface area contributed by atoms with E-state index in [1.807, 2.05) is 73.7 Å². The molecule has 4 rings (SSSR count). The number of hydrogen-bond donors (Lipinski definition) is 0. The maximum Gasteiger partial charge on any atom is 0.0998 e. The zero-order valence-corrected chi connectivity index (χ0v) is 16.3. The van der Waals surface area contributed by atoms with E-state index in [0.29, 0.717) is 5.57 Å². The van der Waals surface area contributed by atoms with Gasteiger partial charge < -0.3 is 4.57 Å². The molecule has 1 heterocycles. The number of hydrogen-bond acceptors (Lipinski definition) is 1. The van der Waals surface area contributed by atoms with Gasteiger partial charge in [-0.05, 0) is 42.3 Å². The molecule has 0 amide bonds. The summed E-state index contributed by atoms with van der Waals surface area (Å²) in [6, 6.07) is 26.6. The average molecular weight is 383 g/mol. The average Bonchev–Trinajstić information content (AvgIpc) is 3.06. The van der Waals surface area contributed by atoms with Crippen molar-refractivity contribution in [2.75, 3.05) is 0 Å². The smallest absolute Gasteiger partial charge is 0.0998 e. The van der Waals surface area contributed by atoms with E-state index < -0.39 is 0 Å². The molecule has 0 aliphatic rings. The largest absolute Gasteiger partial charge is 0.342 e. The predicted molar refractivity (Wildman–Crippen MR) is 117 cm³/mol. The summed E-state index contributed by atoms with van der Waals surface area (Å²) in [5, 5.41) is 11.6. The van der Waals surface area contributed by atoms with Crippen LogP contribution in [0.3, 0.4) is 0 Å². The van der Waals surface area contributed by atoms with Crippen molar-refractivity contribution in [3.8, 4) is 6.07 Å². The molecule has 0 saturated heterocycles. The Bertz CT molecular complexity index is 1190. The number of halogens is 1. The summed E-state index contributed by atoms with van der Waals surface area (Å²) in [5.41, 5.74) is 6.14. The molecule has 2 nitrogen and oxygen atoms in total. The van der Waals surface area contributed by atoms with Gasteiger partial charge in [0.15, 0.2) is 0 Å². The molecule has 0 bridgehead atoms. The van der Waals surface area contributed by atoms with Crippen LogP contribution in [-0.2, 0) is 6.54 Å². The molecule has 0 aliphatic carbocycles. The standard InChI is InChI=1S/C25H19ClN2/c1-18-6-10-20(11-7-18)21(15-27)14-22-17-28(25-5-3-2-4-24(22)25)16-19-8-12-23(26)13-9-19/h2-14,17H,16H2,1H3/b21-14-. The van der Waals surface area contributed by atoms with Crippen LogP contribution in [0.15, 0.2) is 79.0 Å². The minimum Gasteiger partial charge on any atom is -0.342 e. The van der Waals surface area contributed by atoms with Crippen molar-refractivity contribution in [1.29, 1.82) is 5.26 Å². The number of para-hydroxylation sites is 1. The van der Waals surface area contributed by atoms with Crippen LogP contribution in [0.1, 0.15) is 22.3 Å². The molecule has 0 aliphatic heterocycles. The second-order valence-corrected chi connectivity index (χ2v) is 7.33. The molecule has 0 radical (unpaired) electrons. The molecule has 1 aromatic heterocycles. The third-order valence-electron chi connectivity index (χ3n) is 4.87. The maximum atomic E-state index is 9.71. The minimum absolute atomic E-state index is 0.661. The van der Waals surface area contributed by atoms with Gasteiger partial charge in [-0.2, -0.15) is 5.26 Å². The molecule has 28 heavy (non-hydrogen) atoms. The highest BCUT2D eigenvalue weighted by Crippen LogP contribution is 2.27. The van der Waals surface area contributed by atoms with Gasteiger partial charge in [-0.1, -0.05) is 71.8 Å². The SMILES string of the molecule is Cc1ccc(/C(C#N)=C\c2cn(Cc3ccc(Cl)cc3)c3ccccc23)cc1. The molecule has 0 fully saturated rings. The summed E-state index contributed by atoms with van der Waals surface area (Å²) in [5.74, 6) is 0. The van der Waals surface area contributed by atoms with E-state index in [1.165, 1.54) is 11.1 Å². The van der Waals surface area contributed by atoms with Gasteiger partial charge >= 0.3 is 0 Å². The lowest BCUT2D eigenvalue weighted by Gasteiger charge is -2.05. The molecule has 4 aromatic rings. The van der Waals surface area contributed by atoms with Gasteiger partial charge in [0.25, 0.3) is 0 Å². The molecule has 3 heteroatoms. The molecular formula is C25H19ClN2. The normalized spacial score (nSPS) is 11.5. The number of aromatic nitrogens is 1. The third-order valence-corrected chi connectivity index (χ3v) is 5.12. The highest BCUT2D eigenvalue weighted by molar-refractivity contribution is 6.30. The Labute approximate surface area is 169 Å². The summed E-state index contributed by atoms with van der Waals surface area (Å²) < 4.78 is 2.22. The molecule has 3 aromatic carbocycles. The lowest BCUT2D eigenvalue weighted by Crippen LogP contribution is -1.97. The van der Waals surface area contributed by atoms with E-state index in [9.17, 15) is 5.26 Å². The zero-order valence-electron chi connectivity index (χ0n) is 15.6. The Morgan fingerprint density at radius 2 is 1.71 bits per heavy atom. The molecule has 0 atom stereocenters. The van der Waals surface area contributed by atoms with Crippen LogP contribution >= 0.6 is 11.6 Å². The van der Waals surface area contributed by atoms with Crippen LogP contribution in [0.5, 0.6) is 0 Å². The van der Waals surface area contributed by atoms with Crippen molar-refractivity contribution in [2.24, 2.45) is 0 Å². The lowest BCUT2D eigenvalue weighted by atomic mass is 10.0. The van der Waals surface area contributed by atoms with Crippen molar-refractivity contribution in [3.63, 3.8) is 0 Å². The second kappa shape index (κ2) is 7.76. The van der Waals surface area contributed by atoms with E-state index in [-0.39, 0.29) is 0 Å². The Hall–Kier alpha value is -3.28.